The third-order valence-corrected chi connectivity index (χ3v) is 6.05. The van der Waals surface area contributed by atoms with Crippen LogP contribution in [0.4, 0.5) is 0 Å². The van der Waals surface area contributed by atoms with Crippen LogP contribution in [-0.4, -0.2) is 36.2 Å². The van der Waals surface area contributed by atoms with Crippen LogP contribution >= 0.6 is 11.6 Å². The first-order chi connectivity index (χ1) is 12.7. The minimum absolute atomic E-state index is 0.0745. The minimum Gasteiger partial charge on any atom is -0.493 e. The highest BCUT2D eigenvalue weighted by Gasteiger charge is 2.44. The summed E-state index contributed by atoms with van der Waals surface area (Å²) in [6.07, 6.45) is 4.63. The molecule has 0 radical (unpaired) electrons. The Labute approximate surface area is 160 Å². The van der Waals surface area contributed by atoms with Crippen LogP contribution in [0.2, 0.25) is 5.02 Å². The van der Waals surface area contributed by atoms with E-state index >= 15 is 0 Å². The van der Waals surface area contributed by atoms with Crippen molar-refractivity contribution in [2.24, 2.45) is 5.92 Å². The molecule has 2 aromatic carbocycles. The number of hydrogen-bond donors (Lipinski definition) is 1. The number of hydrogen-bond acceptors (Lipinski definition) is 3. The zero-order valence-corrected chi connectivity index (χ0v) is 15.8. The molecule has 1 fully saturated rings. The minimum atomic E-state index is -1.07. The molecule has 2 aromatic rings. The van der Waals surface area contributed by atoms with Crippen molar-refractivity contribution in [2.45, 2.75) is 31.3 Å². The number of ether oxygens (including phenoxy) is 1. The fourth-order valence-corrected chi connectivity index (χ4v) is 4.59. The van der Waals surface area contributed by atoms with Gasteiger partial charge in [0.15, 0.2) is 0 Å². The van der Waals surface area contributed by atoms with Gasteiger partial charge in [-0.05, 0) is 50.0 Å². The Kier molecular flexibility index (Phi) is 5.21. The van der Waals surface area contributed by atoms with Crippen LogP contribution in [0.25, 0.3) is 0 Å². The van der Waals surface area contributed by atoms with E-state index in [1.54, 1.807) is 0 Å². The molecule has 0 amide bonds. The summed E-state index contributed by atoms with van der Waals surface area (Å²) in [5, 5.41) is 12.7. The number of fused-ring (bicyclic) bond motifs is 1. The average Bonchev–Trinajstić information content (AvgIpc) is 2.81. The second-order valence-electron chi connectivity index (χ2n) is 7.47. The molecule has 0 bridgehead atoms. The molecule has 2 unspecified atom stereocenters. The van der Waals surface area contributed by atoms with E-state index in [9.17, 15) is 5.11 Å². The van der Waals surface area contributed by atoms with Crippen LogP contribution in [0.5, 0.6) is 5.75 Å². The van der Waals surface area contributed by atoms with Crippen molar-refractivity contribution in [2.75, 3.05) is 26.2 Å². The SMILES string of the molecule is OC1(c2ccccc2)c2ccc(Cl)cc2OCCC1CN1CCCCC1. The molecule has 0 aromatic heterocycles. The van der Waals surface area contributed by atoms with Crippen LogP contribution in [0.1, 0.15) is 36.8 Å². The lowest BCUT2D eigenvalue weighted by Gasteiger charge is -2.39. The maximum atomic E-state index is 12.1. The van der Waals surface area contributed by atoms with E-state index in [-0.39, 0.29) is 5.92 Å². The van der Waals surface area contributed by atoms with Crippen molar-refractivity contribution in [3.05, 3.63) is 64.7 Å². The van der Waals surface area contributed by atoms with Gasteiger partial charge in [-0.15, -0.1) is 0 Å². The van der Waals surface area contributed by atoms with Crippen molar-refractivity contribution < 1.29 is 9.84 Å². The standard InChI is InChI=1S/C22H26ClNO2/c23-19-9-10-20-21(15-19)26-14-11-18(16-24-12-5-2-6-13-24)22(20,25)17-7-3-1-4-8-17/h1,3-4,7-10,15,18,25H,2,5-6,11-14,16H2. The molecular formula is C22H26ClNO2. The van der Waals surface area contributed by atoms with Crippen LogP contribution < -0.4 is 4.74 Å². The molecule has 2 aliphatic heterocycles. The van der Waals surface area contributed by atoms with Gasteiger partial charge < -0.3 is 14.7 Å². The molecule has 1 N–H and O–H groups in total. The van der Waals surface area contributed by atoms with E-state index in [4.69, 9.17) is 16.3 Å². The fraction of sp³-hybridized carbons (Fsp3) is 0.455. The molecule has 4 heteroatoms. The zero-order chi connectivity index (χ0) is 18.0. The summed E-state index contributed by atoms with van der Waals surface area (Å²) >= 11 is 6.19. The number of rotatable bonds is 3. The Balaban J connectivity index is 1.77. The summed E-state index contributed by atoms with van der Waals surface area (Å²) in [4.78, 5) is 2.50. The van der Waals surface area contributed by atoms with Gasteiger partial charge in [-0.25, -0.2) is 0 Å². The summed E-state index contributed by atoms with van der Waals surface area (Å²) in [6.45, 7) is 3.73. The molecule has 0 spiro atoms. The van der Waals surface area contributed by atoms with Gasteiger partial charge in [0.2, 0.25) is 0 Å². The van der Waals surface area contributed by atoms with Crippen molar-refractivity contribution >= 4 is 11.6 Å². The summed E-state index contributed by atoms with van der Waals surface area (Å²) in [6, 6.07) is 15.6. The Morgan fingerprint density at radius 2 is 1.85 bits per heavy atom. The van der Waals surface area contributed by atoms with E-state index in [0.717, 1.165) is 37.2 Å². The molecule has 2 atom stereocenters. The molecule has 0 saturated carbocycles. The van der Waals surface area contributed by atoms with Gasteiger partial charge in [-0.2, -0.15) is 0 Å². The van der Waals surface area contributed by atoms with E-state index in [0.29, 0.717) is 17.4 Å². The predicted octanol–water partition coefficient (Wildman–Crippen LogP) is 4.46. The highest BCUT2D eigenvalue weighted by Crippen LogP contribution is 2.46. The van der Waals surface area contributed by atoms with Gasteiger partial charge in [0.05, 0.1) is 6.61 Å². The van der Waals surface area contributed by atoms with E-state index in [1.165, 1.54) is 19.3 Å². The Morgan fingerprint density at radius 3 is 2.62 bits per heavy atom. The van der Waals surface area contributed by atoms with Gasteiger partial charge >= 0.3 is 0 Å². The first kappa shape index (κ1) is 17.8. The second-order valence-corrected chi connectivity index (χ2v) is 7.90. The predicted molar refractivity (Wildman–Crippen MR) is 105 cm³/mol. The fourth-order valence-electron chi connectivity index (χ4n) is 4.43. The van der Waals surface area contributed by atoms with Gasteiger partial charge in [0, 0.05) is 23.0 Å². The molecule has 138 valence electrons. The van der Waals surface area contributed by atoms with Crippen molar-refractivity contribution in [1.82, 2.24) is 4.90 Å². The summed E-state index contributed by atoms with van der Waals surface area (Å²) in [5.41, 5.74) is 0.679. The normalized spacial score (nSPS) is 26.6. The monoisotopic (exact) mass is 371 g/mol. The highest BCUT2D eigenvalue weighted by atomic mass is 35.5. The van der Waals surface area contributed by atoms with E-state index in [1.807, 2.05) is 48.5 Å². The summed E-state index contributed by atoms with van der Waals surface area (Å²) in [5.74, 6) is 0.774. The maximum Gasteiger partial charge on any atom is 0.127 e. The van der Waals surface area contributed by atoms with Gasteiger partial charge in [-0.3, -0.25) is 0 Å². The second kappa shape index (κ2) is 7.59. The first-order valence-corrected chi connectivity index (χ1v) is 9.99. The van der Waals surface area contributed by atoms with Crippen LogP contribution in [0, 0.1) is 5.92 Å². The topological polar surface area (TPSA) is 32.7 Å². The quantitative estimate of drug-likeness (QED) is 0.864. The smallest absolute Gasteiger partial charge is 0.127 e. The van der Waals surface area contributed by atoms with E-state index in [2.05, 4.69) is 4.90 Å². The van der Waals surface area contributed by atoms with Crippen molar-refractivity contribution in [3.8, 4) is 5.75 Å². The number of piperidine rings is 1. The largest absolute Gasteiger partial charge is 0.493 e. The number of aliphatic hydroxyl groups is 1. The highest BCUT2D eigenvalue weighted by molar-refractivity contribution is 6.30. The Hall–Kier alpha value is -1.55. The molecule has 2 heterocycles. The molecular weight excluding hydrogens is 346 g/mol. The molecule has 2 aliphatic rings. The molecule has 0 aliphatic carbocycles. The lowest BCUT2D eigenvalue weighted by molar-refractivity contribution is -0.00468. The number of halogens is 1. The number of nitrogens with zero attached hydrogens (tertiary/aromatic N) is 1. The lowest BCUT2D eigenvalue weighted by Crippen LogP contribution is -2.44. The van der Waals surface area contributed by atoms with Gasteiger partial charge in [0.25, 0.3) is 0 Å². The van der Waals surface area contributed by atoms with Gasteiger partial charge in [-0.1, -0.05) is 54.4 Å². The third kappa shape index (κ3) is 3.36. The van der Waals surface area contributed by atoms with Crippen molar-refractivity contribution in [3.63, 3.8) is 0 Å². The van der Waals surface area contributed by atoms with Gasteiger partial charge in [0.1, 0.15) is 11.4 Å². The third-order valence-electron chi connectivity index (χ3n) is 5.81. The zero-order valence-electron chi connectivity index (χ0n) is 15.0. The van der Waals surface area contributed by atoms with Crippen LogP contribution in [0.3, 0.4) is 0 Å². The van der Waals surface area contributed by atoms with Crippen LogP contribution in [0.15, 0.2) is 48.5 Å². The first-order valence-electron chi connectivity index (χ1n) is 9.61. The Morgan fingerprint density at radius 1 is 1.08 bits per heavy atom. The average molecular weight is 372 g/mol. The molecule has 26 heavy (non-hydrogen) atoms. The molecule has 1 saturated heterocycles. The maximum absolute atomic E-state index is 12.1. The molecule has 3 nitrogen and oxygen atoms in total. The van der Waals surface area contributed by atoms with Crippen LogP contribution in [-0.2, 0) is 5.60 Å². The summed E-state index contributed by atoms with van der Waals surface area (Å²) < 4.78 is 6.00. The molecule has 4 rings (SSSR count). The van der Waals surface area contributed by atoms with E-state index < -0.39 is 5.60 Å². The lowest BCUT2D eigenvalue weighted by atomic mass is 9.74. The summed E-state index contributed by atoms with van der Waals surface area (Å²) in [7, 11) is 0. The van der Waals surface area contributed by atoms with Crippen molar-refractivity contribution in [1.29, 1.82) is 0 Å². The number of likely N-dealkylation sites (tertiary alicyclic amines) is 1. The Bertz CT molecular complexity index is 745. The number of benzene rings is 2.